The van der Waals surface area contributed by atoms with E-state index in [0.717, 1.165) is 34.2 Å². The number of thiophene rings is 1. The Bertz CT molecular complexity index is 1120. The van der Waals surface area contributed by atoms with Gasteiger partial charge in [0.15, 0.2) is 5.43 Å². The van der Waals surface area contributed by atoms with Crippen LogP contribution in [0.5, 0.6) is 5.75 Å². The van der Waals surface area contributed by atoms with Crippen molar-refractivity contribution >= 4 is 32.3 Å². The number of fused-ring (bicyclic) bond motifs is 2. The first-order valence-electron chi connectivity index (χ1n) is 8.45. The van der Waals surface area contributed by atoms with E-state index in [0.29, 0.717) is 17.6 Å². The molecular formula is C21H19NO2S. The number of hydrogen-bond acceptors (Lipinski definition) is 3. The second kappa shape index (κ2) is 6.37. The molecule has 25 heavy (non-hydrogen) atoms. The van der Waals surface area contributed by atoms with Crippen LogP contribution in [0.25, 0.3) is 32.1 Å². The van der Waals surface area contributed by atoms with Crippen LogP contribution in [-0.4, -0.2) is 11.6 Å². The highest BCUT2D eigenvalue weighted by molar-refractivity contribution is 7.17. The lowest BCUT2D eigenvalue weighted by molar-refractivity contribution is 0.320. The lowest BCUT2D eigenvalue weighted by Crippen LogP contribution is -2.09. The van der Waals surface area contributed by atoms with Crippen molar-refractivity contribution in [3.05, 3.63) is 63.8 Å². The Balaban J connectivity index is 1.97. The molecule has 0 saturated heterocycles. The lowest BCUT2D eigenvalue weighted by Gasteiger charge is -2.11. The molecule has 4 aromatic rings. The van der Waals surface area contributed by atoms with Crippen LogP contribution in [0.1, 0.15) is 18.9 Å². The zero-order valence-corrected chi connectivity index (χ0v) is 15.1. The molecule has 0 spiro atoms. The number of aromatic nitrogens is 1. The van der Waals surface area contributed by atoms with Gasteiger partial charge >= 0.3 is 0 Å². The number of H-pyrrole nitrogens is 1. The maximum absolute atomic E-state index is 13.2. The minimum Gasteiger partial charge on any atom is -0.491 e. The van der Waals surface area contributed by atoms with Crippen molar-refractivity contribution in [3.63, 3.8) is 0 Å². The first kappa shape index (κ1) is 15.9. The van der Waals surface area contributed by atoms with Gasteiger partial charge in [-0.05, 0) is 36.4 Å². The fourth-order valence-corrected chi connectivity index (χ4v) is 4.15. The normalized spacial score (nSPS) is 11.3. The fourth-order valence-electron chi connectivity index (χ4n) is 3.19. The molecule has 4 rings (SSSR count). The summed E-state index contributed by atoms with van der Waals surface area (Å²) in [5, 5.41) is 3.89. The predicted octanol–water partition coefficient (Wildman–Crippen LogP) is 5.51. The van der Waals surface area contributed by atoms with E-state index in [4.69, 9.17) is 4.74 Å². The topological polar surface area (TPSA) is 42.1 Å². The Hall–Kier alpha value is -2.59. The molecule has 3 nitrogen and oxygen atoms in total. The second-order valence-corrected chi connectivity index (χ2v) is 7.07. The van der Waals surface area contributed by atoms with Crippen molar-refractivity contribution in [2.75, 3.05) is 6.61 Å². The molecule has 0 amide bonds. The van der Waals surface area contributed by atoms with Gasteiger partial charge in [-0.25, -0.2) is 0 Å². The number of benzene rings is 2. The molecule has 0 radical (unpaired) electrons. The molecule has 0 aliphatic carbocycles. The number of hydrogen-bond donors (Lipinski definition) is 1. The number of aromatic amines is 1. The van der Waals surface area contributed by atoms with E-state index in [1.54, 1.807) is 11.3 Å². The molecule has 2 heterocycles. The fraction of sp³-hybridized carbons (Fsp3) is 0.190. The molecule has 0 aliphatic heterocycles. The summed E-state index contributed by atoms with van der Waals surface area (Å²) in [5.74, 6) is 0.737. The molecular weight excluding hydrogens is 330 g/mol. The third-order valence-electron chi connectivity index (χ3n) is 4.44. The van der Waals surface area contributed by atoms with E-state index in [1.165, 1.54) is 4.70 Å². The highest BCUT2D eigenvalue weighted by Gasteiger charge is 2.15. The van der Waals surface area contributed by atoms with E-state index in [1.807, 2.05) is 37.4 Å². The maximum Gasteiger partial charge on any atom is 0.197 e. The molecule has 0 saturated carbocycles. The van der Waals surface area contributed by atoms with Gasteiger partial charge in [0.1, 0.15) is 5.75 Å². The first-order chi connectivity index (χ1) is 12.2. The van der Waals surface area contributed by atoms with E-state index in [-0.39, 0.29) is 5.43 Å². The van der Waals surface area contributed by atoms with Crippen LogP contribution in [0.15, 0.2) is 52.8 Å². The molecule has 4 heteroatoms. The number of ether oxygens (including phenoxy) is 1. The van der Waals surface area contributed by atoms with Crippen LogP contribution >= 0.6 is 11.3 Å². The summed E-state index contributed by atoms with van der Waals surface area (Å²) in [6.45, 7) is 4.67. The molecule has 2 aromatic heterocycles. The Labute approximate surface area is 149 Å². The van der Waals surface area contributed by atoms with Crippen LogP contribution in [0.4, 0.5) is 0 Å². The average molecular weight is 349 g/mol. The number of aryl methyl sites for hydroxylation is 1. The Morgan fingerprint density at radius 3 is 2.80 bits per heavy atom. The van der Waals surface area contributed by atoms with Crippen molar-refractivity contribution in [3.8, 4) is 16.9 Å². The smallest absolute Gasteiger partial charge is 0.197 e. The second-order valence-electron chi connectivity index (χ2n) is 6.16. The van der Waals surface area contributed by atoms with Crippen LogP contribution in [0.3, 0.4) is 0 Å². The molecule has 0 aliphatic rings. The molecule has 126 valence electrons. The van der Waals surface area contributed by atoms with Gasteiger partial charge in [0, 0.05) is 27.4 Å². The summed E-state index contributed by atoms with van der Waals surface area (Å²) < 4.78 is 7.00. The summed E-state index contributed by atoms with van der Waals surface area (Å²) in [6.07, 6.45) is 2.75. The van der Waals surface area contributed by atoms with E-state index in [2.05, 4.69) is 29.4 Å². The van der Waals surface area contributed by atoms with Crippen molar-refractivity contribution in [2.45, 2.75) is 20.3 Å². The molecule has 0 atom stereocenters. The highest BCUT2D eigenvalue weighted by Crippen LogP contribution is 2.33. The summed E-state index contributed by atoms with van der Waals surface area (Å²) in [5.41, 5.74) is 3.49. The van der Waals surface area contributed by atoms with Gasteiger partial charge in [0.2, 0.25) is 0 Å². The summed E-state index contributed by atoms with van der Waals surface area (Å²) >= 11 is 1.66. The molecule has 2 aromatic carbocycles. The van der Waals surface area contributed by atoms with Gasteiger partial charge in [0.05, 0.1) is 17.5 Å². The van der Waals surface area contributed by atoms with Gasteiger partial charge in [-0.2, -0.15) is 0 Å². The van der Waals surface area contributed by atoms with Crippen LogP contribution < -0.4 is 10.2 Å². The third kappa shape index (κ3) is 2.63. The number of pyridine rings is 1. The Morgan fingerprint density at radius 2 is 1.96 bits per heavy atom. The van der Waals surface area contributed by atoms with Crippen molar-refractivity contribution in [2.24, 2.45) is 0 Å². The van der Waals surface area contributed by atoms with Crippen LogP contribution in [-0.2, 0) is 0 Å². The highest BCUT2D eigenvalue weighted by atomic mass is 32.1. The predicted molar refractivity (Wildman–Crippen MR) is 106 cm³/mol. The summed E-state index contributed by atoms with van der Waals surface area (Å²) in [4.78, 5) is 16.6. The zero-order chi connectivity index (χ0) is 17.4. The first-order valence-corrected chi connectivity index (χ1v) is 9.33. The summed E-state index contributed by atoms with van der Waals surface area (Å²) in [6, 6.07) is 12.1. The standard InChI is InChI=1S/C21H19NO2S/c1-3-10-24-17-9-8-13(2)19-20(17)22-11-15(21(19)23)16-12-25-18-7-5-4-6-14(16)18/h4-9,11-12H,3,10H2,1-2H3,(H,22,23). The van der Waals surface area contributed by atoms with Crippen LogP contribution in [0, 0.1) is 6.92 Å². The average Bonchev–Trinajstić information content (AvgIpc) is 3.05. The monoisotopic (exact) mass is 349 g/mol. The van der Waals surface area contributed by atoms with Crippen molar-refractivity contribution < 1.29 is 4.74 Å². The lowest BCUT2D eigenvalue weighted by atomic mass is 10.0. The SMILES string of the molecule is CCCOc1ccc(C)c2c(=O)c(-c3csc4ccccc34)c[nH]c12. The Kier molecular flexibility index (Phi) is 4.06. The number of nitrogens with one attached hydrogen (secondary N) is 1. The molecule has 0 fully saturated rings. The third-order valence-corrected chi connectivity index (χ3v) is 5.40. The largest absolute Gasteiger partial charge is 0.491 e. The van der Waals surface area contributed by atoms with Crippen molar-refractivity contribution in [1.82, 2.24) is 4.98 Å². The van der Waals surface area contributed by atoms with Gasteiger partial charge in [-0.1, -0.05) is 31.2 Å². The van der Waals surface area contributed by atoms with E-state index in [9.17, 15) is 4.79 Å². The summed E-state index contributed by atoms with van der Waals surface area (Å²) in [7, 11) is 0. The van der Waals surface area contributed by atoms with Gasteiger partial charge in [0.25, 0.3) is 0 Å². The maximum atomic E-state index is 13.2. The van der Waals surface area contributed by atoms with Gasteiger partial charge < -0.3 is 9.72 Å². The van der Waals surface area contributed by atoms with Gasteiger partial charge in [-0.3, -0.25) is 4.79 Å². The zero-order valence-electron chi connectivity index (χ0n) is 14.3. The quantitative estimate of drug-likeness (QED) is 0.528. The van der Waals surface area contributed by atoms with Crippen molar-refractivity contribution in [1.29, 1.82) is 0 Å². The van der Waals surface area contributed by atoms with Crippen LogP contribution in [0.2, 0.25) is 0 Å². The van der Waals surface area contributed by atoms with E-state index < -0.39 is 0 Å². The van der Waals surface area contributed by atoms with E-state index >= 15 is 0 Å². The number of rotatable bonds is 4. The molecule has 1 N–H and O–H groups in total. The minimum atomic E-state index is 0.0525. The van der Waals surface area contributed by atoms with Gasteiger partial charge in [-0.15, -0.1) is 11.3 Å². The molecule has 0 unspecified atom stereocenters. The Morgan fingerprint density at radius 1 is 1.12 bits per heavy atom. The minimum absolute atomic E-state index is 0.0525. The molecule has 0 bridgehead atoms.